The van der Waals surface area contributed by atoms with Crippen LogP contribution in [0.25, 0.3) is 0 Å². The number of rotatable bonds is 4. The van der Waals surface area contributed by atoms with E-state index in [1.807, 2.05) is 0 Å². The van der Waals surface area contributed by atoms with Crippen LogP contribution in [0.5, 0.6) is 0 Å². The second-order valence-electron chi connectivity index (χ2n) is 4.84. The molecular formula is C13H17F2N3O. The summed E-state index contributed by atoms with van der Waals surface area (Å²) >= 11 is 0. The van der Waals surface area contributed by atoms with Crippen molar-refractivity contribution in [1.82, 2.24) is 15.3 Å². The lowest BCUT2D eigenvalue weighted by molar-refractivity contribution is 0.0937. The molecule has 1 amide bonds. The van der Waals surface area contributed by atoms with Gasteiger partial charge in [-0.05, 0) is 18.8 Å². The summed E-state index contributed by atoms with van der Waals surface area (Å²) in [6.45, 7) is 0.622. The van der Waals surface area contributed by atoms with Gasteiger partial charge in [-0.3, -0.25) is 9.78 Å². The van der Waals surface area contributed by atoms with E-state index in [0.29, 0.717) is 12.5 Å². The molecule has 0 radical (unpaired) electrons. The molecule has 19 heavy (non-hydrogen) atoms. The summed E-state index contributed by atoms with van der Waals surface area (Å²) in [5.41, 5.74) is -0.330. The van der Waals surface area contributed by atoms with Gasteiger partial charge in [0.15, 0.2) is 0 Å². The molecule has 1 aliphatic rings. The Balaban J connectivity index is 1.85. The van der Waals surface area contributed by atoms with Crippen molar-refractivity contribution >= 4 is 5.91 Å². The standard InChI is InChI=1S/C13H17F2N3O/c14-12(15)10-7-17-11(8-16-10)13(19)18-6-9-4-2-1-3-5-9/h7-9,12H,1-6H2,(H,18,19). The molecule has 104 valence electrons. The monoisotopic (exact) mass is 269 g/mol. The number of hydrogen-bond acceptors (Lipinski definition) is 3. The fraction of sp³-hybridized carbons (Fsp3) is 0.615. The predicted molar refractivity (Wildman–Crippen MR) is 65.9 cm³/mol. The number of carbonyl (C=O) groups is 1. The van der Waals surface area contributed by atoms with Crippen LogP contribution in [-0.4, -0.2) is 22.4 Å². The number of halogens is 2. The molecule has 1 fully saturated rings. The fourth-order valence-electron chi connectivity index (χ4n) is 2.29. The molecule has 1 aromatic rings. The molecule has 1 heterocycles. The van der Waals surface area contributed by atoms with Gasteiger partial charge >= 0.3 is 0 Å². The zero-order chi connectivity index (χ0) is 13.7. The molecule has 0 bridgehead atoms. The minimum atomic E-state index is -2.66. The van der Waals surface area contributed by atoms with E-state index in [1.54, 1.807) is 0 Å². The summed E-state index contributed by atoms with van der Waals surface area (Å²) in [7, 11) is 0. The highest BCUT2D eigenvalue weighted by atomic mass is 19.3. The number of amides is 1. The third-order valence-electron chi connectivity index (χ3n) is 3.40. The van der Waals surface area contributed by atoms with Crippen LogP contribution in [0.1, 0.15) is 54.7 Å². The van der Waals surface area contributed by atoms with Crippen LogP contribution < -0.4 is 5.32 Å². The highest BCUT2D eigenvalue weighted by molar-refractivity contribution is 5.91. The number of aromatic nitrogens is 2. The van der Waals surface area contributed by atoms with Gasteiger partial charge in [0, 0.05) is 6.54 Å². The quantitative estimate of drug-likeness (QED) is 0.914. The first-order valence-electron chi connectivity index (χ1n) is 6.55. The highest BCUT2D eigenvalue weighted by Gasteiger charge is 2.16. The van der Waals surface area contributed by atoms with Crippen molar-refractivity contribution < 1.29 is 13.6 Å². The van der Waals surface area contributed by atoms with Crippen molar-refractivity contribution in [2.45, 2.75) is 38.5 Å². The lowest BCUT2D eigenvalue weighted by atomic mass is 9.89. The van der Waals surface area contributed by atoms with Crippen LogP contribution in [0.4, 0.5) is 8.78 Å². The Kier molecular flexibility index (Phi) is 4.76. The summed E-state index contributed by atoms with van der Waals surface area (Å²) in [4.78, 5) is 19.0. The fourth-order valence-corrected chi connectivity index (χ4v) is 2.29. The Morgan fingerprint density at radius 1 is 1.26 bits per heavy atom. The van der Waals surface area contributed by atoms with E-state index >= 15 is 0 Å². The first-order chi connectivity index (χ1) is 9.16. The number of alkyl halides is 2. The van der Waals surface area contributed by atoms with Crippen LogP contribution >= 0.6 is 0 Å². The van der Waals surface area contributed by atoms with Gasteiger partial charge in [0.1, 0.15) is 11.4 Å². The summed E-state index contributed by atoms with van der Waals surface area (Å²) in [5.74, 6) is 0.171. The van der Waals surface area contributed by atoms with E-state index in [-0.39, 0.29) is 11.6 Å². The maximum atomic E-state index is 12.3. The van der Waals surface area contributed by atoms with E-state index in [4.69, 9.17) is 0 Å². The average molecular weight is 269 g/mol. The number of carbonyl (C=O) groups excluding carboxylic acids is 1. The van der Waals surface area contributed by atoms with E-state index in [0.717, 1.165) is 25.2 Å². The molecule has 0 spiro atoms. The van der Waals surface area contributed by atoms with Crippen molar-refractivity contribution in [1.29, 1.82) is 0 Å². The summed E-state index contributed by atoms with van der Waals surface area (Å²) in [5, 5.41) is 2.79. The smallest absolute Gasteiger partial charge is 0.281 e. The van der Waals surface area contributed by atoms with Gasteiger partial charge in [-0.2, -0.15) is 0 Å². The van der Waals surface area contributed by atoms with Crippen molar-refractivity contribution in [2.75, 3.05) is 6.54 Å². The van der Waals surface area contributed by atoms with Gasteiger partial charge < -0.3 is 5.32 Å². The molecule has 0 aromatic carbocycles. The van der Waals surface area contributed by atoms with Crippen LogP contribution in [-0.2, 0) is 0 Å². The molecule has 0 unspecified atom stereocenters. The minimum Gasteiger partial charge on any atom is -0.350 e. The van der Waals surface area contributed by atoms with Crippen molar-refractivity contribution in [3.8, 4) is 0 Å². The van der Waals surface area contributed by atoms with E-state index in [1.165, 1.54) is 19.3 Å². The van der Waals surface area contributed by atoms with Gasteiger partial charge in [0.2, 0.25) is 0 Å². The SMILES string of the molecule is O=C(NCC1CCCCC1)c1cnc(C(F)F)cn1. The van der Waals surface area contributed by atoms with Crippen molar-refractivity contribution in [3.05, 3.63) is 23.8 Å². The lowest BCUT2D eigenvalue weighted by Crippen LogP contribution is -2.30. The molecule has 0 saturated heterocycles. The van der Waals surface area contributed by atoms with Gasteiger partial charge in [-0.1, -0.05) is 19.3 Å². The van der Waals surface area contributed by atoms with E-state index in [9.17, 15) is 13.6 Å². The topological polar surface area (TPSA) is 54.9 Å². The lowest BCUT2D eigenvalue weighted by Gasteiger charge is -2.21. The van der Waals surface area contributed by atoms with Crippen LogP contribution in [0.3, 0.4) is 0 Å². The molecule has 1 aliphatic carbocycles. The number of nitrogens with zero attached hydrogens (tertiary/aromatic N) is 2. The summed E-state index contributed by atoms with van der Waals surface area (Å²) in [6.07, 6.45) is 5.34. The summed E-state index contributed by atoms with van der Waals surface area (Å²) < 4.78 is 24.6. The first kappa shape index (κ1) is 13.8. The third-order valence-corrected chi connectivity index (χ3v) is 3.40. The average Bonchev–Trinajstić information content (AvgIpc) is 2.46. The Morgan fingerprint density at radius 3 is 2.58 bits per heavy atom. The summed E-state index contributed by atoms with van der Waals surface area (Å²) in [6, 6.07) is 0. The van der Waals surface area contributed by atoms with Gasteiger partial charge in [0.05, 0.1) is 12.4 Å². The van der Waals surface area contributed by atoms with E-state index < -0.39 is 12.1 Å². The minimum absolute atomic E-state index is 0.0835. The zero-order valence-electron chi connectivity index (χ0n) is 10.6. The molecule has 0 aliphatic heterocycles. The highest BCUT2D eigenvalue weighted by Crippen LogP contribution is 2.22. The maximum absolute atomic E-state index is 12.3. The molecular weight excluding hydrogens is 252 g/mol. The molecule has 1 N–H and O–H groups in total. The largest absolute Gasteiger partial charge is 0.350 e. The normalized spacial score (nSPS) is 16.6. The molecule has 4 nitrogen and oxygen atoms in total. The maximum Gasteiger partial charge on any atom is 0.281 e. The van der Waals surface area contributed by atoms with Crippen LogP contribution in [0, 0.1) is 5.92 Å². The zero-order valence-corrected chi connectivity index (χ0v) is 10.6. The Hall–Kier alpha value is -1.59. The van der Waals surface area contributed by atoms with Crippen molar-refractivity contribution in [2.24, 2.45) is 5.92 Å². The van der Waals surface area contributed by atoms with Crippen LogP contribution in [0.2, 0.25) is 0 Å². The predicted octanol–water partition coefficient (Wildman–Crippen LogP) is 2.72. The third kappa shape index (κ3) is 3.94. The molecule has 1 aromatic heterocycles. The molecule has 6 heteroatoms. The van der Waals surface area contributed by atoms with Gasteiger partial charge in [-0.15, -0.1) is 0 Å². The van der Waals surface area contributed by atoms with Crippen LogP contribution in [0.15, 0.2) is 12.4 Å². The number of hydrogen-bond donors (Lipinski definition) is 1. The van der Waals surface area contributed by atoms with Gasteiger partial charge in [0.25, 0.3) is 12.3 Å². The van der Waals surface area contributed by atoms with Gasteiger partial charge in [-0.25, -0.2) is 13.8 Å². The van der Waals surface area contributed by atoms with Crippen molar-refractivity contribution in [3.63, 3.8) is 0 Å². The molecule has 0 atom stereocenters. The first-order valence-corrected chi connectivity index (χ1v) is 6.55. The number of nitrogens with one attached hydrogen (secondary N) is 1. The molecule has 2 rings (SSSR count). The Morgan fingerprint density at radius 2 is 2.00 bits per heavy atom. The Bertz CT molecular complexity index is 416. The Labute approximate surface area is 110 Å². The molecule has 1 saturated carbocycles. The second kappa shape index (κ2) is 6.54. The van der Waals surface area contributed by atoms with E-state index in [2.05, 4.69) is 15.3 Å². The second-order valence-corrected chi connectivity index (χ2v) is 4.84.